The molecular weight excluding hydrogens is 232 g/mol. The van der Waals surface area contributed by atoms with E-state index in [4.69, 9.17) is 9.52 Å². The minimum Gasteiger partial charge on any atom is -0.476 e. The molecule has 18 heavy (non-hydrogen) atoms. The van der Waals surface area contributed by atoms with Gasteiger partial charge >= 0.3 is 5.97 Å². The van der Waals surface area contributed by atoms with Crippen LogP contribution in [0.2, 0.25) is 0 Å². The second kappa shape index (κ2) is 3.73. The summed E-state index contributed by atoms with van der Waals surface area (Å²) in [5.74, 6) is -0.854. The van der Waals surface area contributed by atoms with E-state index in [0.717, 1.165) is 22.9 Å². The molecule has 0 atom stereocenters. The van der Waals surface area contributed by atoms with Crippen molar-refractivity contribution in [1.29, 1.82) is 0 Å². The Morgan fingerprint density at radius 1 is 1.44 bits per heavy atom. The van der Waals surface area contributed by atoms with E-state index >= 15 is 0 Å². The second-order valence-corrected chi connectivity index (χ2v) is 4.05. The summed E-state index contributed by atoms with van der Waals surface area (Å²) in [6.45, 7) is 2.00. The molecule has 90 valence electrons. The highest BCUT2D eigenvalue weighted by Crippen LogP contribution is 2.28. The number of carbonyl (C=O) groups is 1. The number of fused-ring (bicyclic) bond motifs is 1. The van der Waals surface area contributed by atoms with Crippen molar-refractivity contribution >= 4 is 16.9 Å². The number of carboxylic acids is 1. The molecule has 2 N–H and O–H groups in total. The van der Waals surface area contributed by atoms with Gasteiger partial charge in [-0.15, -0.1) is 0 Å². The molecule has 5 heteroatoms. The molecule has 0 fully saturated rings. The Kier molecular flexibility index (Phi) is 2.19. The van der Waals surface area contributed by atoms with Gasteiger partial charge in [0.15, 0.2) is 17.8 Å². The fourth-order valence-corrected chi connectivity index (χ4v) is 2.02. The summed E-state index contributed by atoms with van der Waals surface area (Å²) in [7, 11) is 0. The van der Waals surface area contributed by atoms with Gasteiger partial charge in [-0.25, -0.2) is 9.78 Å². The Labute approximate surface area is 102 Å². The van der Waals surface area contributed by atoms with Crippen LogP contribution in [0.3, 0.4) is 0 Å². The maximum Gasteiger partial charge on any atom is 0.358 e. The highest BCUT2D eigenvalue weighted by atomic mass is 16.4. The van der Waals surface area contributed by atoms with Gasteiger partial charge in [-0.3, -0.25) is 0 Å². The van der Waals surface area contributed by atoms with Gasteiger partial charge in [0.1, 0.15) is 0 Å². The average Bonchev–Trinajstić information content (AvgIpc) is 2.95. The SMILES string of the molecule is Cc1cccc2[nH]c(-c3ocnc3C(=O)O)cc12. The smallest absolute Gasteiger partial charge is 0.358 e. The Morgan fingerprint density at radius 3 is 3.00 bits per heavy atom. The predicted molar refractivity (Wildman–Crippen MR) is 65.5 cm³/mol. The van der Waals surface area contributed by atoms with Crippen LogP contribution in [0, 0.1) is 6.92 Å². The number of rotatable bonds is 2. The lowest BCUT2D eigenvalue weighted by molar-refractivity contribution is 0.0691. The van der Waals surface area contributed by atoms with Crippen LogP contribution >= 0.6 is 0 Å². The van der Waals surface area contributed by atoms with E-state index in [1.807, 2.05) is 31.2 Å². The molecule has 0 saturated heterocycles. The molecule has 0 amide bonds. The molecule has 3 rings (SSSR count). The fraction of sp³-hybridized carbons (Fsp3) is 0.0769. The van der Waals surface area contributed by atoms with E-state index < -0.39 is 5.97 Å². The highest BCUT2D eigenvalue weighted by Gasteiger charge is 2.19. The van der Waals surface area contributed by atoms with Crippen LogP contribution in [0.25, 0.3) is 22.4 Å². The topological polar surface area (TPSA) is 79.1 Å². The number of nitrogens with one attached hydrogen (secondary N) is 1. The van der Waals surface area contributed by atoms with Crippen LogP contribution in [-0.2, 0) is 0 Å². The van der Waals surface area contributed by atoms with E-state index in [2.05, 4.69) is 9.97 Å². The van der Waals surface area contributed by atoms with Crippen molar-refractivity contribution in [3.8, 4) is 11.5 Å². The quantitative estimate of drug-likeness (QED) is 0.724. The van der Waals surface area contributed by atoms with Gasteiger partial charge < -0.3 is 14.5 Å². The number of hydrogen-bond donors (Lipinski definition) is 2. The number of oxazole rings is 1. The van der Waals surface area contributed by atoms with Gasteiger partial charge in [-0.1, -0.05) is 12.1 Å². The number of aryl methyl sites for hydroxylation is 1. The molecular formula is C13H10N2O3. The van der Waals surface area contributed by atoms with Gasteiger partial charge in [-0.2, -0.15) is 0 Å². The van der Waals surface area contributed by atoms with Crippen LogP contribution in [0.4, 0.5) is 0 Å². The zero-order valence-electron chi connectivity index (χ0n) is 9.60. The van der Waals surface area contributed by atoms with Crippen LogP contribution in [0.15, 0.2) is 35.1 Å². The monoisotopic (exact) mass is 242 g/mol. The van der Waals surface area contributed by atoms with Gasteiger partial charge in [0, 0.05) is 10.9 Å². The van der Waals surface area contributed by atoms with Gasteiger partial charge in [0.25, 0.3) is 0 Å². The van der Waals surface area contributed by atoms with Crippen molar-refractivity contribution in [2.45, 2.75) is 6.92 Å². The summed E-state index contributed by atoms with van der Waals surface area (Å²) < 4.78 is 5.16. The number of benzene rings is 1. The van der Waals surface area contributed by atoms with Crippen molar-refractivity contribution in [2.75, 3.05) is 0 Å². The zero-order chi connectivity index (χ0) is 12.7. The molecule has 3 aromatic rings. The van der Waals surface area contributed by atoms with Crippen molar-refractivity contribution < 1.29 is 14.3 Å². The molecule has 0 unspecified atom stereocenters. The molecule has 2 aromatic heterocycles. The molecule has 0 radical (unpaired) electrons. The largest absolute Gasteiger partial charge is 0.476 e. The Hall–Kier alpha value is -2.56. The summed E-state index contributed by atoms with van der Waals surface area (Å²) in [4.78, 5) is 17.8. The lowest BCUT2D eigenvalue weighted by atomic mass is 10.1. The average molecular weight is 242 g/mol. The summed E-state index contributed by atoms with van der Waals surface area (Å²) in [6, 6.07) is 7.75. The van der Waals surface area contributed by atoms with Crippen molar-refractivity contribution in [3.05, 3.63) is 41.9 Å². The number of H-pyrrole nitrogens is 1. The molecule has 0 spiro atoms. The molecule has 2 heterocycles. The third kappa shape index (κ3) is 1.48. The summed E-state index contributed by atoms with van der Waals surface area (Å²) in [5.41, 5.74) is 2.59. The Morgan fingerprint density at radius 2 is 2.28 bits per heavy atom. The number of carboxylic acid groups (broad SMARTS) is 1. The molecule has 5 nitrogen and oxygen atoms in total. The summed E-state index contributed by atoms with van der Waals surface area (Å²) in [6.07, 6.45) is 1.14. The van der Waals surface area contributed by atoms with Crippen LogP contribution in [0.1, 0.15) is 16.1 Å². The first kappa shape index (κ1) is 10.6. The zero-order valence-corrected chi connectivity index (χ0v) is 9.60. The number of nitrogens with zero attached hydrogens (tertiary/aromatic N) is 1. The molecule has 0 aliphatic heterocycles. The van der Waals surface area contributed by atoms with E-state index in [0.29, 0.717) is 5.69 Å². The standard InChI is InChI=1S/C13H10N2O3/c1-7-3-2-4-9-8(7)5-10(15-9)12-11(13(16)17)14-6-18-12/h2-6,15H,1H3,(H,16,17). The number of aromatic amines is 1. The first-order valence-corrected chi connectivity index (χ1v) is 5.42. The third-order valence-corrected chi connectivity index (χ3v) is 2.90. The van der Waals surface area contributed by atoms with Gasteiger partial charge in [0.2, 0.25) is 0 Å². The van der Waals surface area contributed by atoms with Crippen LogP contribution in [-0.4, -0.2) is 21.0 Å². The lowest BCUT2D eigenvalue weighted by Crippen LogP contribution is -1.98. The number of hydrogen-bond acceptors (Lipinski definition) is 3. The minimum absolute atomic E-state index is 0.0841. The highest BCUT2D eigenvalue weighted by molar-refractivity contribution is 5.94. The fourth-order valence-electron chi connectivity index (χ4n) is 2.02. The molecule has 1 aromatic carbocycles. The summed E-state index contributed by atoms with van der Waals surface area (Å²) in [5, 5.41) is 10.1. The van der Waals surface area contributed by atoms with E-state index in [-0.39, 0.29) is 11.5 Å². The van der Waals surface area contributed by atoms with Crippen molar-refractivity contribution in [2.24, 2.45) is 0 Å². The maximum absolute atomic E-state index is 11.0. The molecule has 0 saturated carbocycles. The van der Waals surface area contributed by atoms with E-state index in [1.54, 1.807) is 0 Å². The Balaban J connectivity index is 2.23. The first-order valence-electron chi connectivity index (χ1n) is 5.42. The van der Waals surface area contributed by atoms with Crippen molar-refractivity contribution in [3.63, 3.8) is 0 Å². The molecule has 0 aliphatic rings. The summed E-state index contributed by atoms with van der Waals surface area (Å²) >= 11 is 0. The van der Waals surface area contributed by atoms with Gasteiger partial charge in [0.05, 0.1) is 5.69 Å². The number of aromatic nitrogens is 2. The molecule has 0 bridgehead atoms. The van der Waals surface area contributed by atoms with E-state index in [9.17, 15) is 4.79 Å². The van der Waals surface area contributed by atoms with Crippen LogP contribution in [0.5, 0.6) is 0 Å². The number of aromatic carboxylic acids is 1. The first-order chi connectivity index (χ1) is 8.66. The maximum atomic E-state index is 11.0. The van der Waals surface area contributed by atoms with Crippen molar-refractivity contribution in [1.82, 2.24) is 9.97 Å². The van der Waals surface area contributed by atoms with E-state index in [1.165, 1.54) is 0 Å². The van der Waals surface area contributed by atoms with Gasteiger partial charge in [-0.05, 0) is 24.6 Å². The minimum atomic E-state index is -1.10. The Bertz CT molecular complexity index is 740. The normalized spacial score (nSPS) is 10.9. The van der Waals surface area contributed by atoms with Crippen LogP contribution < -0.4 is 0 Å². The molecule has 0 aliphatic carbocycles. The lowest BCUT2D eigenvalue weighted by Gasteiger charge is -1.92. The predicted octanol–water partition coefficient (Wildman–Crippen LogP) is 2.83. The third-order valence-electron chi connectivity index (χ3n) is 2.90. The second-order valence-electron chi connectivity index (χ2n) is 4.05.